The molecule has 0 unspecified atom stereocenters. The molecule has 0 aliphatic heterocycles. The lowest BCUT2D eigenvalue weighted by atomic mass is 10.7. The molecule has 0 rings (SSSR count). The van der Waals surface area contributed by atoms with Crippen LogP contribution in [0.2, 0.25) is 0 Å². The maximum Gasteiger partial charge on any atom is 0.414 e. The van der Waals surface area contributed by atoms with Gasteiger partial charge in [0.1, 0.15) is 0 Å². The molecule has 0 saturated heterocycles. The molecule has 0 radical (unpaired) electrons. The standard InChI is InChI=1S/C2H2O4.HN3.N3/c3-1(4)2(5)6;2*1-3-2/h(H,3,4)(H,5,6);1H;/q;;-1. The zero-order valence-corrected chi connectivity index (χ0v) is 5.45. The van der Waals surface area contributed by atoms with Crippen molar-refractivity contribution in [1.82, 2.24) is 0 Å². The van der Waals surface area contributed by atoms with Crippen LogP contribution in [0.4, 0.5) is 0 Å². The van der Waals surface area contributed by atoms with Gasteiger partial charge in [0.05, 0.1) is 0 Å². The molecule has 0 amide bonds. The summed E-state index contributed by atoms with van der Waals surface area (Å²) in [5.41, 5.74) is 25.8. The number of rotatable bonds is 0. The topological polar surface area (TPSA) is 194 Å². The highest BCUT2D eigenvalue weighted by Gasteiger charge is 2.04. The van der Waals surface area contributed by atoms with Gasteiger partial charge in [-0.25, -0.2) is 9.59 Å². The van der Waals surface area contributed by atoms with Gasteiger partial charge in [-0.3, -0.25) is 4.91 Å². The Hall–Kier alpha value is -2.44. The van der Waals surface area contributed by atoms with Crippen molar-refractivity contribution in [1.29, 1.82) is 5.53 Å². The van der Waals surface area contributed by atoms with Gasteiger partial charge >= 0.3 is 11.9 Å². The molecule has 0 saturated carbocycles. The molecule has 0 heterocycles. The fraction of sp³-hybridized carbons (Fsp3) is 0. The number of nitrogens with zero attached hydrogens (tertiary/aromatic N) is 5. The largest absolute Gasteiger partial charge is 0.473 e. The number of nitrogens with one attached hydrogen (secondary N) is 1. The van der Waals surface area contributed by atoms with Gasteiger partial charge in [-0.1, -0.05) is 0 Å². The summed E-state index contributed by atoms with van der Waals surface area (Å²) in [5.74, 6) is -3.65. The van der Waals surface area contributed by atoms with Gasteiger partial charge in [0.2, 0.25) is 0 Å². The molecule has 10 nitrogen and oxygen atoms in total. The van der Waals surface area contributed by atoms with Gasteiger partial charge in [-0.15, -0.1) is 5.53 Å². The van der Waals surface area contributed by atoms with Gasteiger partial charge in [0.15, 0.2) is 0 Å². The fourth-order valence-electron chi connectivity index (χ4n) is 0. The number of carboxylic acid groups (broad SMARTS) is 2. The van der Waals surface area contributed by atoms with E-state index in [0.29, 0.717) is 0 Å². The molecule has 0 bridgehead atoms. The SMILES string of the molecule is O=C(O)C(=O)O.[N-]=[N+]=N.[N-]=[N+]=[N-]. The highest BCUT2D eigenvalue weighted by molar-refractivity contribution is 6.27. The summed E-state index contributed by atoms with van der Waals surface area (Å²) in [6, 6.07) is 0. The van der Waals surface area contributed by atoms with Crippen LogP contribution in [-0.4, -0.2) is 22.2 Å². The van der Waals surface area contributed by atoms with E-state index in [0.717, 1.165) is 0 Å². The van der Waals surface area contributed by atoms with Crippen molar-refractivity contribution in [3.63, 3.8) is 0 Å². The number of carbonyl (C=O) groups is 2. The Morgan fingerprint density at radius 3 is 1.17 bits per heavy atom. The van der Waals surface area contributed by atoms with Crippen LogP contribution in [0.3, 0.4) is 0 Å². The molecular weight excluding hydrogens is 172 g/mol. The number of carboxylic acids is 2. The van der Waals surface area contributed by atoms with Crippen molar-refractivity contribution in [2.45, 2.75) is 0 Å². The molecule has 3 N–H and O–H groups in total. The third-order valence-electron chi connectivity index (χ3n) is 0.183. The van der Waals surface area contributed by atoms with Crippen molar-refractivity contribution in [3.05, 3.63) is 26.4 Å². The number of hydrogen-bond acceptors (Lipinski definition) is 3. The normalized spacial score (nSPS) is 5.00. The molecule has 10 heteroatoms. The fourth-order valence-corrected chi connectivity index (χ4v) is 0. The zero-order chi connectivity index (χ0) is 10.6. The molecule has 0 aliphatic rings. The van der Waals surface area contributed by atoms with Crippen molar-refractivity contribution >= 4 is 11.9 Å². The van der Waals surface area contributed by atoms with Crippen LogP contribution in [0.5, 0.6) is 0 Å². The Balaban J connectivity index is -0.000000115. The van der Waals surface area contributed by atoms with Crippen molar-refractivity contribution in [2.24, 2.45) is 0 Å². The Labute approximate surface area is 64.9 Å². The van der Waals surface area contributed by atoms with E-state index in [1.165, 1.54) is 4.91 Å². The van der Waals surface area contributed by atoms with E-state index in [-0.39, 0.29) is 0 Å². The average Bonchev–Trinajstić information content (AvgIpc) is 1.90. The molecule has 0 fully saturated rings. The maximum absolute atomic E-state index is 9.10. The predicted molar refractivity (Wildman–Crippen MR) is 34.8 cm³/mol. The summed E-state index contributed by atoms with van der Waals surface area (Å²) in [4.78, 5) is 21.4. The van der Waals surface area contributed by atoms with E-state index in [2.05, 4.69) is 0 Å². The van der Waals surface area contributed by atoms with E-state index in [1.54, 1.807) is 4.91 Å². The first-order valence-electron chi connectivity index (χ1n) is 1.93. The summed E-state index contributed by atoms with van der Waals surface area (Å²) in [6.45, 7) is 0. The molecule has 0 aliphatic carbocycles. The minimum absolute atomic E-state index is 1.50. The highest BCUT2D eigenvalue weighted by Crippen LogP contribution is 1.56. The Kier molecular flexibility index (Phi) is 21.5. The van der Waals surface area contributed by atoms with Crippen LogP contribution in [0, 0.1) is 5.53 Å². The van der Waals surface area contributed by atoms with Crippen LogP contribution in [0.1, 0.15) is 0 Å². The van der Waals surface area contributed by atoms with Crippen molar-refractivity contribution in [3.8, 4) is 0 Å². The van der Waals surface area contributed by atoms with Crippen LogP contribution in [0.15, 0.2) is 0 Å². The second-order valence-electron chi connectivity index (χ2n) is 0.800. The molecular formula is C2H3N6O4-. The summed E-state index contributed by atoms with van der Waals surface area (Å²) >= 11 is 0. The lowest BCUT2D eigenvalue weighted by Crippen LogP contribution is -2.09. The molecule has 12 heavy (non-hydrogen) atoms. The quantitative estimate of drug-likeness (QED) is 0.213. The second-order valence-corrected chi connectivity index (χ2v) is 0.800. The van der Waals surface area contributed by atoms with Gasteiger partial charge in [-0.05, 0) is 10.4 Å². The predicted octanol–water partition coefficient (Wildman–Crippen LogP) is 0.897. The smallest absolute Gasteiger partial charge is 0.414 e. The van der Waals surface area contributed by atoms with Crippen LogP contribution in [0.25, 0.3) is 26.4 Å². The summed E-state index contributed by atoms with van der Waals surface area (Å²) < 4.78 is 0. The Bertz CT molecular complexity index is 186. The first-order valence-corrected chi connectivity index (χ1v) is 1.93. The van der Waals surface area contributed by atoms with Gasteiger partial charge in [0, 0.05) is 0 Å². The molecule has 0 spiro atoms. The molecule has 0 atom stereocenters. The summed E-state index contributed by atoms with van der Waals surface area (Å²) in [5, 5.41) is 14.8. The van der Waals surface area contributed by atoms with Crippen LogP contribution < -0.4 is 0 Å². The number of aliphatic carboxylic acids is 2. The first-order chi connectivity index (χ1) is 5.47. The monoisotopic (exact) mass is 175 g/mol. The Morgan fingerprint density at radius 2 is 1.17 bits per heavy atom. The van der Waals surface area contributed by atoms with Crippen LogP contribution >= 0.6 is 0 Å². The molecule has 66 valence electrons. The first kappa shape index (κ1) is 16.3. The van der Waals surface area contributed by atoms with Gasteiger partial charge < -0.3 is 21.3 Å². The number of hydrogen-bond donors (Lipinski definition) is 3. The summed E-state index contributed by atoms with van der Waals surface area (Å²) in [7, 11) is 0. The lowest BCUT2D eigenvalue weighted by molar-refractivity contribution is -0.159. The minimum Gasteiger partial charge on any atom is -0.473 e. The van der Waals surface area contributed by atoms with E-state index in [1.807, 2.05) is 0 Å². The minimum atomic E-state index is -1.82. The zero-order valence-electron chi connectivity index (χ0n) is 5.45. The van der Waals surface area contributed by atoms with E-state index < -0.39 is 11.9 Å². The van der Waals surface area contributed by atoms with Crippen LogP contribution in [-0.2, 0) is 9.59 Å². The molecule has 0 aromatic rings. The van der Waals surface area contributed by atoms with Gasteiger partial charge in [0.25, 0.3) is 0 Å². The Morgan fingerprint density at radius 1 is 1.08 bits per heavy atom. The molecule has 0 aromatic heterocycles. The molecule has 0 aromatic carbocycles. The summed E-state index contributed by atoms with van der Waals surface area (Å²) in [6.07, 6.45) is 0. The maximum atomic E-state index is 9.10. The van der Waals surface area contributed by atoms with E-state index >= 15 is 0 Å². The highest BCUT2D eigenvalue weighted by atomic mass is 16.4. The van der Waals surface area contributed by atoms with E-state index in [9.17, 15) is 0 Å². The lowest BCUT2D eigenvalue weighted by Gasteiger charge is -1.72. The van der Waals surface area contributed by atoms with Crippen molar-refractivity contribution < 1.29 is 19.8 Å². The third-order valence-corrected chi connectivity index (χ3v) is 0.183. The average molecular weight is 175 g/mol. The third kappa shape index (κ3) is 134. The van der Waals surface area contributed by atoms with Gasteiger partial charge in [-0.2, -0.15) is 0 Å². The van der Waals surface area contributed by atoms with E-state index in [4.69, 9.17) is 41.9 Å². The van der Waals surface area contributed by atoms with Crippen molar-refractivity contribution in [2.75, 3.05) is 0 Å². The second kappa shape index (κ2) is 15.8.